The molecule has 0 atom stereocenters. The first-order valence-corrected chi connectivity index (χ1v) is 9.34. The third-order valence-corrected chi connectivity index (χ3v) is 4.30. The van der Waals surface area contributed by atoms with Crippen LogP contribution < -0.4 is 14.8 Å². The van der Waals surface area contributed by atoms with E-state index in [1.807, 2.05) is 42.5 Å². The molecule has 0 unspecified atom stereocenters. The molecule has 0 fully saturated rings. The van der Waals surface area contributed by atoms with E-state index >= 15 is 0 Å². The largest absolute Gasteiger partial charge is 0.493 e. The van der Waals surface area contributed by atoms with Crippen molar-refractivity contribution in [1.82, 2.24) is 15.1 Å². The van der Waals surface area contributed by atoms with Crippen molar-refractivity contribution < 1.29 is 14.3 Å². The highest BCUT2D eigenvalue weighted by Crippen LogP contribution is 2.26. The van der Waals surface area contributed by atoms with Gasteiger partial charge in [-0.05, 0) is 36.2 Å². The van der Waals surface area contributed by atoms with Gasteiger partial charge in [-0.3, -0.25) is 9.48 Å². The Labute approximate surface area is 169 Å². The minimum Gasteiger partial charge on any atom is -0.493 e. The molecule has 0 saturated heterocycles. The Hall–Kier alpha value is -2.99. The van der Waals surface area contributed by atoms with Gasteiger partial charge in [-0.15, -0.1) is 0 Å². The number of carbonyl (C=O) groups excluding carboxylic acids is 1. The van der Waals surface area contributed by atoms with Crippen LogP contribution in [0.15, 0.2) is 60.9 Å². The van der Waals surface area contributed by atoms with Gasteiger partial charge in [0.15, 0.2) is 11.5 Å². The minimum atomic E-state index is -0.113. The Morgan fingerprint density at radius 2 is 2.00 bits per heavy atom. The fraction of sp³-hybridized carbons (Fsp3) is 0.238. The molecule has 0 radical (unpaired) electrons. The van der Waals surface area contributed by atoms with E-state index in [0.717, 1.165) is 12.0 Å². The maximum atomic E-state index is 12.4. The number of benzene rings is 2. The van der Waals surface area contributed by atoms with E-state index < -0.39 is 0 Å². The number of aryl methyl sites for hydroxylation is 1. The van der Waals surface area contributed by atoms with Crippen LogP contribution in [0.2, 0.25) is 5.02 Å². The number of carbonyl (C=O) groups is 1. The molecule has 1 heterocycles. The highest BCUT2D eigenvalue weighted by molar-refractivity contribution is 6.30. The Kier molecular flexibility index (Phi) is 6.92. The number of hydrogen-bond acceptors (Lipinski definition) is 4. The second-order valence-electron chi connectivity index (χ2n) is 6.17. The summed E-state index contributed by atoms with van der Waals surface area (Å²) >= 11 is 5.83. The molecule has 28 heavy (non-hydrogen) atoms. The number of halogens is 1. The molecule has 0 saturated carbocycles. The van der Waals surface area contributed by atoms with Gasteiger partial charge in [0.1, 0.15) is 6.61 Å². The van der Waals surface area contributed by atoms with Gasteiger partial charge in [0.2, 0.25) is 0 Å². The van der Waals surface area contributed by atoms with Crippen molar-refractivity contribution >= 4 is 17.5 Å². The van der Waals surface area contributed by atoms with E-state index in [2.05, 4.69) is 10.4 Å². The van der Waals surface area contributed by atoms with Crippen LogP contribution >= 0.6 is 11.6 Å². The van der Waals surface area contributed by atoms with E-state index in [1.54, 1.807) is 30.3 Å². The molecule has 2 aromatic carbocycles. The van der Waals surface area contributed by atoms with Gasteiger partial charge in [-0.1, -0.05) is 35.9 Å². The lowest BCUT2D eigenvalue weighted by Gasteiger charge is -2.11. The molecular formula is C21H22ClN3O3. The lowest BCUT2D eigenvalue weighted by Crippen LogP contribution is -2.25. The van der Waals surface area contributed by atoms with Crippen molar-refractivity contribution in [2.24, 2.45) is 0 Å². The van der Waals surface area contributed by atoms with Gasteiger partial charge in [0.25, 0.3) is 5.91 Å². The number of nitrogens with one attached hydrogen (secondary N) is 1. The molecule has 146 valence electrons. The predicted molar refractivity (Wildman–Crippen MR) is 108 cm³/mol. The molecule has 1 amide bonds. The molecule has 0 aliphatic carbocycles. The molecule has 0 spiro atoms. The van der Waals surface area contributed by atoms with Crippen LogP contribution in [-0.4, -0.2) is 29.3 Å². The van der Waals surface area contributed by atoms with Crippen LogP contribution in [0.5, 0.6) is 11.5 Å². The third kappa shape index (κ3) is 5.50. The lowest BCUT2D eigenvalue weighted by molar-refractivity contribution is 0.0952. The molecule has 3 rings (SSSR count). The average molecular weight is 400 g/mol. The van der Waals surface area contributed by atoms with E-state index in [-0.39, 0.29) is 5.91 Å². The standard InChI is InChI=1S/C21H22ClN3O3/c1-27-19-8-2-3-9-20(19)28-15-16-6-4-7-17(12-16)21(26)23-10-5-11-25-14-18(22)13-24-25/h2-4,6-9,12-14H,5,10-11,15H2,1H3,(H,23,26). The van der Waals surface area contributed by atoms with E-state index in [9.17, 15) is 4.79 Å². The number of nitrogens with zero attached hydrogens (tertiary/aromatic N) is 2. The van der Waals surface area contributed by atoms with Crippen molar-refractivity contribution in [3.05, 3.63) is 77.1 Å². The summed E-state index contributed by atoms with van der Waals surface area (Å²) in [5.41, 5.74) is 1.51. The van der Waals surface area contributed by atoms with Crippen molar-refractivity contribution in [3.8, 4) is 11.5 Å². The van der Waals surface area contributed by atoms with Crippen LogP contribution in [0.25, 0.3) is 0 Å². The number of para-hydroxylation sites is 2. The van der Waals surface area contributed by atoms with Crippen LogP contribution in [0.1, 0.15) is 22.3 Å². The van der Waals surface area contributed by atoms with Crippen molar-refractivity contribution in [2.45, 2.75) is 19.6 Å². The van der Waals surface area contributed by atoms with Crippen LogP contribution in [0.3, 0.4) is 0 Å². The topological polar surface area (TPSA) is 65.4 Å². The van der Waals surface area contributed by atoms with E-state index in [4.69, 9.17) is 21.1 Å². The van der Waals surface area contributed by atoms with Crippen LogP contribution in [0.4, 0.5) is 0 Å². The van der Waals surface area contributed by atoms with Gasteiger partial charge in [-0.2, -0.15) is 5.10 Å². The maximum Gasteiger partial charge on any atom is 0.251 e. The summed E-state index contributed by atoms with van der Waals surface area (Å²) in [6.45, 7) is 1.60. The lowest BCUT2D eigenvalue weighted by atomic mass is 10.1. The number of methoxy groups -OCH3 is 1. The number of ether oxygens (including phenoxy) is 2. The van der Waals surface area contributed by atoms with Gasteiger partial charge in [0.05, 0.1) is 18.3 Å². The normalized spacial score (nSPS) is 10.5. The second kappa shape index (κ2) is 9.80. The summed E-state index contributed by atoms with van der Waals surface area (Å²) in [6.07, 6.45) is 4.12. The molecular weight excluding hydrogens is 378 g/mol. The van der Waals surface area contributed by atoms with Crippen molar-refractivity contribution in [3.63, 3.8) is 0 Å². The molecule has 0 bridgehead atoms. The zero-order chi connectivity index (χ0) is 19.8. The summed E-state index contributed by atoms with van der Waals surface area (Å²) in [7, 11) is 1.61. The van der Waals surface area contributed by atoms with Crippen molar-refractivity contribution in [2.75, 3.05) is 13.7 Å². The van der Waals surface area contributed by atoms with Gasteiger partial charge >= 0.3 is 0 Å². The second-order valence-corrected chi connectivity index (χ2v) is 6.61. The Morgan fingerprint density at radius 3 is 2.75 bits per heavy atom. The first-order valence-electron chi connectivity index (χ1n) is 8.96. The summed E-state index contributed by atoms with van der Waals surface area (Å²) in [5, 5.41) is 7.64. The van der Waals surface area contributed by atoms with Gasteiger partial charge in [0, 0.05) is 24.8 Å². The highest BCUT2D eigenvalue weighted by Gasteiger charge is 2.08. The minimum absolute atomic E-state index is 0.113. The third-order valence-electron chi connectivity index (χ3n) is 4.10. The Morgan fingerprint density at radius 1 is 1.18 bits per heavy atom. The first kappa shape index (κ1) is 19.8. The summed E-state index contributed by atoms with van der Waals surface area (Å²) in [4.78, 5) is 12.4. The zero-order valence-corrected chi connectivity index (χ0v) is 16.4. The van der Waals surface area contributed by atoms with Crippen LogP contribution in [0, 0.1) is 0 Å². The maximum absolute atomic E-state index is 12.4. The smallest absolute Gasteiger partial charge is 0.251 e. The molecule has 6 nitrogen and oxygen atoms in total. The summed E-state index contributed by atoms with van der Waals surface area (Å²) in [5.74, 6) is 1.23. The molecule has 0 aliphatic heterocycles. The molecule has 0 aliphatic rings. The van der Waals surface area contributed by atoms with Gasteiger partial charge in [-0.25, -0.2) is 0 Å². The number of rotatable bonds is 9. The summed E-state index contributed by atoms with van der Waals surface area (Å²) in [6, 6.07) is 14.9. The van der Waals surface area contributed by atoms with E-state index in [0.29, 0.717) is 41.8 Å². The summed E-state index contributed by atoms with van der Waals surface area (Å²) < 4.78 is 12.9. The molecule has 1 aromatic heterocycles. The fourth-order valence-electron chi connectivity index (χ4n) is 2.71. The zero-order valence-electron chi connectivity index (χ0n) is 15.6. The first-order chi connectivity index (χ1) is 13.7. The average Bonchev–Trinajstić information content (AvgIpc) is 3.15. The molecule has 7 heteroatoms. The number of amides is 1. The molecule has 1 N–H and O–H groups in total. The fourth-order valence-corrected chi connectivity index (χ4v) is 2.86. The van der Waals surface area contributed by atoms with Crippen LogP contribution in [-0.2, 0) is 13.2 Å². The molecule has 3 aromatic rings. The highest BCUT2D eigenvalue weighted by atomic mass is 35.5. The number of aromatic nitrogens is 2. The van der Waals surface area contributed by atoms with Crippen molar-refractivity contribution in [1.29, 1.82) is 0 Å². The quantitative estimate of drug-likeness (QED) is 0.553. The SMILES string of the molecule is COc1ccccc1OCc1cccc(C(=O)NCCCn2cc(Cl)cn2)c1. The predicted octanol–water partition coefficient (Wildman–Crippen LogP) is 3.94. The monoisotopic (exact) mass is 399 g/mol. The van der Waals surface area contributed by atoms with Gasteiger partial charge < -0.3 is 14.8 Å². The number of hydrogen-bond donors (Lipinski definition) is 1. The Bertz CT molecular complexity index is 927. The Balaban J connectivity index is 1.49. The van der Waals surface area contributed by atoms with E-state index in [1.165, 1.54) is 0 Å².